The van der Waals surface area contributed by atoms with Gasteiger partial charge in [-0.3, -0.25) is 4.79 Å². The van der Waals surface area contributed by atoms with Crippen LogP contribution in [0.2, 0.25) is 16.6 Å². The van der Waals surface area contributed by atoms with E-state index in [4.69, 9.17) is 4.43 Å². The summed E-state index contributed by atoms with van der Waals surface area (Å²) < 4.78 is 6.38. The number of rotatable bonds is 5. The fourth-order valence-electron chi connectivity index (χ4n) is 4.62. The Morgan fingerprint density at radius 2 is 1.70 bits per heavy atom. The molecule has 2 aliphatic carbocycles. The third-order valence-corrected chi connectivity index (χ3v) is 11.6. The Bertz CT molecular complexity index is 389. The van der Waals surface area contributed by atoms with E-state index in [1.54, 1.807) is 0 Å². The van der Waals surface area contributed by atoms with E-state index in [2.05, 4.69) is 53.7 Å². The van der Waals surface area contributed by atoms with Crippen LogP contribution in [0.3, 0.4) is 0 Å². The third-order valence-electron chi connectivity index (χ3n) is 5.66. The summed E-state index contributed by atoms with van der Waals surface area (Å²) in [5.41, 5.74) is 1.11. The number of fused-ring (bicyclic) bond motifs is 2. The first-order valence-corrected chi connectivity index (χ1v) is 10.3. The molecule has 0 aromatic rings. The summed E-state index contributed by atoms with van der Waals surface area (Å²) >= 11 is 0. The highest BCUT2D eigenvalue weighted by Crippen LogP contribution is 2.52. The lowest BCUT2D eigenvalue weighted by molar-refractivity contribution is -0.144. The van der Waals surface area contributed by atoms with E-state index < -0.39 is 8.32 Å². The van der Waals surface area contributed by atoms with Crippen LogP contribution in [0.5, 0.6) is 0 Å². The van der Waals surface area contributed by atoms with Gasteiger partial charge >= 0.3 is 5.97 Å². The van der Waals surface area contributed by atoms with Crippen molar-refractivity contribution < 1.29 is 9.22 Å². The Kier molecular flexibility index (Phi) is 4.21. The molecule has 2 nitrogen and oxygen atoms in total. The quantitative estimate of drug-likeness (QED) is 0.523. The van der Waals surface area contributed by atoms with Crippen molar-refractivity contribution in [3.8, 4) is 0 Å². The first-order valence-electron chi connectivity index (χ1n) is 8.17. The van der Waals surface area contributed by atoms with E-state index in [9.17, 15) is 4.79 Å². The van der Waals surface area contributed by atoms with E-state index in [1.807, 2.05) is 0 Å². The first kappa shape index (κ1) is 15.8. The van der Waals surface area contributed by atoms with Gasteiger partial charge in [-0.1, -0.05) is 53.7 Å². The maximum Gasteiger partial charge on any atom is 0.302 e. The van der Waals surface area contributed by atoms with Crippen LogP contribution < -0.4 is 0 Å². The molecule has 0 aliphatic heterocycles. The largest absolute Gasteiger partial charge is 0.518 e. The minimum Gasteiger partial charge on any atom is -0.518 e. The average molecular weight is 295 g/mol. The van der Waals surface area contributed by atoms with Crippen LogP contribution in [0.4, 0.5) is 0 Å². The van der Waals surface area contributed by atoms with Gasteiger partial charge in [0.1, 0.15) is 0 Å². The van der Waals surface area contributed by atoms with E-state index in [0.717, 1.165) is 19.3 Å². The number of carbonyl (C=O) groups excluding carboxylic acids is 1. The van der Waals surface area contributed by atoms with Gasteiger partial charge in [-0.15, -0.1) is 0 Å². The van der Waals surface area contributed by atoms with Gasteiger partial charge in [0, 0.05) is 0 Å². The molecular formula is C17H30O2Si. The maximum atomic E-state index is 12.9. The fraction of sp³-hybridized carbons (Fsp3) is 0.824. The highest BCUT2D eigenvalue weighted by atomic mass is 28.4. The van der Waals surface area contributed by atoms with E-state index >= 15 is 0 Å². The molecule has 2 rings (SSSR count). The summed E-state index contributed by atoms with van der Waals surface area (Å²) in [5, 5.41) is 0. The van der Waals surface area contributed by atoms with Gasteiger partial charge in [0.25, 0.3) is 8.32 Å². The van der Waals surface area contributed by atoms with Gasteiger partial charge in [-0.25, -0.2) is 0 Å². The highest BCUT2D eigenvalue weighted by molar-refractivity contribution is 6.79. The number of hydrogen-bond donors (Lipinski definition) is 0. The summed E-state index contributed by atoms with van der Waals surface area (Å²) in [6.45, 7) is 13.4. The molecule has 0 aromatic heterocycles. The normalized spacial score (nSPS) is 28.9. The lowest BCUT2D eigenvalue weighted by Gasteiger charge is -2.43. The third kappa shape index (κ3) is 2.28. The molecule has 3 heteroatoms. The van der Waals surface area contributed by atoms with Crippen molar-refractivity contribution in [1.82, 2.24) is 0 Å². The van der Waals surface area contributed by atoms with Crippen LogP contribution in [0.1, 0.15) is 60.8 Å². The number of carbonyl (C=O) groups is 1. The van der Waals surface area contributed by atoms with Crippen LogP contribution in [0, 0.1) is 11.3 Å². The van der Waals surface area contributed by atoms with Gasteiger partial charge in [0.15, 0.2) is 0 Å². The lowest BCUT2D eigenvalue weighted by Crippen LogP contribution is -2.51. The molecule has 1 saturated carbocycles. The fourth-order valence-corrected chi connectivity index (χ4v) is 9.85. The minimum absolute atomic E-state index is 0.0801. The predicted octanol–water partition coefficient (Wildman–Crippen LogP) is 5.06. The van der Waals surface area contributed by atoms with Crippen molar-refractivity contribution in [1.29, 1.82) is 0 Å². The molecule has 0 N–H and O–H groups in total. The second-order valence-corrected chi connectivity index (χ2v) is 13.1. The molecular weight excluding hydrogens is 264 g/mol. The zero-order chi connectivity index (χ0) is 15.1. The Morgan fingerprint density at radius 1 is 1.15 bits per heavy atom. The van der Waals surface area contributed by atoms with Crippen molar-refractivity contribution in [2.45, 2.75) is 77.4 Å². The molecule has 1 fully saturated rings. The summed E-state index contributed by atoms with van der Waals surface area (Å²) in [5.74, 6) is 0.701. The first-order chi connectivity index (χ1) is 9.24. The molecule has 0 aromatic carbocycles. The lowest BCUT2D eigenvalue weighted by atomic mass is 9.88. The van der Waals surface area contributed by atoms with Gasteiger partial charge in [-0.05, 0) is 41.8 Å². The van der Waals surface area contributed by atoms with Crippen molar-refractivity contribution >= 4 is 14.3 Å². The Morgan fingerprint density at radius 3 is 2.00 bits per heavy atom. The molecule has 20 heavy (non-hydrogen) atoms. The second kappa shape index (κ2) is 5.32. The Hall–Kier alpha value is -0.573. The molecule has 2 bridgehead atoms. The summed E-state index contributed by atoms with van der Waals surface area (Å²) in [4.78, 5) is 12.9. The van der Waals surface area contributed by atoms with E-state index in [1.165, 1.54) is 0 Å². The van der Waals surface area contributed by atoms with Crippen molar-refractivity contribution in [2.75, 3.05) is 0 Å². The number of allylic oxidation sites excluding steroid dienone is 1. The zero-order valence-corrected chi connectivity index (χ0v) is 14.9. The molecule has 0 amide bonds. The SMILES string of the molecule is CC(C)[Si](OC(=O)C12C=CC(CC1)C2)(C(C)C)C(C)C. The molecule has 114 valence electrons. The van der Waals surface area contributed by atoms with Gasteiger partial charge in [0.2, 0.25) is 0 Å². The zero-order valence-electron chi connectivity index (χ0n) is 13.9. The average Bonchev–Trinajstić information content (AvgIpc) is 2.95. The summed E-state index contributed by atoms with van der Waals surface area (Å²) in [6.07, 6.45) is 7.51. The van der Waals surface area contributed by atoms with Gasteiger partial charge in [0.05, 0.1) is 5.41 Å². The smallest absolute Gasteiger partial charge is 0.302 e. The van der Waals surface area contributed by atoms with Crippen LogP contribution in [0.15, 0.2) is 12.2 Å². The van der Waals surface area contributed by atoms with Gasteiger partial charge < -0.3 is 4.43 Å². The molecule has 2 unspecified atom stereocenters. The topological polar surface area (TPSA) is 26.3 Å². The molecule has 2 atom stereocenters. The maximum absolute atomic E-state index is 12.9. The monoisotopic (exact) mass is 294 g/mol. The second-order valence-electron chi connectivity index (χ2n) is 7.73. The summed E-state index contributed by atoms with van der Waals surface area (Å²) in [6, 6.07) is 0. The van der Waals surface area contributed by atoms with Crippen molar-refractivity contribution in [3.05, 3.63) is 12.2 Å². The van der Waals surface area contributed by atoms with Crippen LogP contribution in [-0.4, -0.2) is 14.3 Å². The van der Waals surface area contributed by atoms with Crippen molar-refractivity contribution in [3.63, 3.8) is 0 Å². The van der Waals surface area contributed by atoms with Crippen LogP contribution in [0.25, 0.3) is 0 Å². The summed E-state index contributed by atoms with van der Waals surface area (Å²) in [7, 11) is -2.09. The van der Waals surface area contributed by atoms with Crippen LogP contribution in [-0.2, 0) is 9.22 Å². The van der Waals surface area contributed by atoms with Gasteiger partial charge in [-0.2, -0.15) is 0 Å². The molecule has 0 radical (unpaired) electrons. The highest BCUT2D eigenvalue weighted by Gasteiger charge is 2.54. The molecule has 0 heterocycles. The van der Waals surface area contributed by atoms with Crippen LogP contribution >= 0.6 is 0 Å². The Labute approximate surface area is 125 Å². The van der Waals surface area contributed by atoms with Crippen molar-refractivity contribution in [2.24, 2.45) is 11.3 Å². The molecule has 0 saturated heterocycles. The van der Waals surface area contributed by atoms with E-state index in [-0.39, 0.29) is 11.4 Å². The number of hydrogen-bond acceptors (Lipinski definition) is 2. The predicted molar refractivity (Wildman–Crippen MR) is 86.1 cm³/mol. The molecule has 0 spiro atoms. The minimum atomic E-state index is -2.09. The molecule has 2 aliphatic rings. The van der Waals surface area contributed by atoms with E-state index in [0.29, 0.717) is 22.5 Å². The Balaban J connectivity index is 2.24. The standard InChI is InChI=1S/C17H30O2Si/c1-12(2)20(13(3)4,14(5)6)19-16(18)17-9-7-15(11-17)8-10-17/h7,9,12-15H,8,10-11H2,1-6H3.